The van der Waals surface area contributed by atoms with Crippen molar-refractivity contribution in [3.05, 3.63) is 70.3 Å². The zero-order valence-electron chi connectivity index (χ0n) is 15.6. The van der Waals surface area contributed by atoms with E-state index in [2.05, 4.69) is 29.9 Å². The molecule has 0 aliphatic rings. The second kappa shape index (κ2) is 8.01. The first-order valence-electron chi connectivity index (χ1n) is 8.84. The van der Waals surface area contributed by atoms with Gasteiger partial charge in [0.2, 0.25) is 5.91 Å². The van der Waals surface area contributed by atoms with Crippen LogP contribution in [-0.4, -0.2) is 19.0 Å². The summed E-state index contributed by atoms with van der Waals surface area (Å²) in [6.07, 6.45) is 1.73. The first kappa shape index (κ1) is 19.9. The third kappa shape index (κ3) is 4.89. The fraction of sp³-hybridized carbons (Fsp3) is 0.238. The minimum atomic E-state index is -1.52. The zero-order chi connectivity index (χ0) is 19.6. The maximum absolute atomic E-state index is 13.2. The molecule has 0 aliphatic carbocycles. The minimum absolute atomic E-state index is 0.0473. The number of anilines is 1. The van der Waals surface area contributed by atoms with Crippen LogP contribution in [0.2, 0.25) is 35.7 Å². The quantitative estimate of drug-likeness (QED) is 0.475. The molecule has 0 saturated heterocycles. The Labute approximate surface area is 170 Å². The van der Waals surface area contributed by atoms with Gasteiger partial charge in [-0.15, -0.1) is 0 Å². The Morgan fingerprint density at radius 3 is 2.52 bits per heavy atom. The first-order chi connectivity index (χ1) is 12.7. The van der Waals surface area contributed by atoms with E-state index in [1.807, 2.05) is 36.4 Å². The van der Waals surface area contributed by atoms with Crippen LogP contribution in [0.25, 0.3) is 10.9 Å². The third-order valence-electron chi connectivity index (χ3n) is 4.37. The number of hydrogen-bond donors (Lipinski definition) is 1. The summed E-state index contributed by atoms with van der Waals surface area (Å²) >= 11 is 12.3. The fourth-order valence-corrected chi connectivity index (χ4v) is 5.08. The number of aromatic nitrogens is 1. The number of amides is 1. The van der Waals surface area contributed by atoms with Crippen LogP contribution in [0.15, 0.2) is 54.7 Å². The second-order valence-corrected chi connectivity index (χ2v) is 14.2. The predicted molar refractivity (Wildman–Crippen MR) is 118 cm³/mol. The Hall–Kier alpha value is -1.88. The van der Waals surface area contributed by atoms with Gasteiger partial charge in [-0.1, -0.05) is 67.1 Å². The van der Waals surface area contributed by atoms with E-state index in [4.69, 9.17) is 23.2 Å². The summed E-state index contributed by atoms with van der Waals surface area (Å²) in [7, 11) is -1.52. The van der Waals surface area contributed by atoms with Gasteiger partial charge < -0.3 is 5.32 Å². The molecular weight excluding hydrogens is 395 g/mol. The maximum Gasteiger partial charge on any atom is 0.231 e. The topological polar surface area (TPSA) is 42.0 Å². The molecule has 3 nitrogen and oxygen atoms in total. The van der Waals surface area contributed by atoms with E-state index in [-0.39, 0.29) is 11.8 Å². The van der Waals surface area contributed by atoms with Gasteiger partial charge in [0.15, 0.2) is 0 Å². The van der Waals surface area contributed by atoms with Gasteiger partial charge in [-0.25, -0.2) is 0 Å². The summed E-state index contributed by atoms with van der Waals surface area (Å²) in [4.78, 5) is 17.7. The van der Waals surface area contributed by atoms with E-state index in [1.54, 1.807) is 18.3 Å². The molecular formula is C21H22Cl2N2OSi. The first-order valence-corrected chi connectivity index (χ1v) is 13.3. The van der Waals surface area contributed by atoms with Crippen molar-refractivity contribution in [1.29, 1.82) is 0 Å². The smallest absolute Gasteiger partial charge is 0.231 e. The number of pyridine rings is 1. The number of rotatable bonds is 5. The van der Waals surface area contributed by atoms with Gasteiger partial charge in [-0.05, 0) is 35.9 Å². The van der Waals surface area contributed by atoms with Crippen LogP contribution >= 0.6 is 23.2 Å². The number of hydrogen-bond acceptors (Lipinski definition) is 2. The van der Waals surface area contributed by atoms with Gasteiger partial charge in [-0.3, -0.25) is 9.78 Å². The van der Waals surface area contributed by atoms with E-state index in [1.165, 1.54) is 0 Å². The second-order valence-electron chi connectivity index (χ2n) is 7.86. The molecule has 2 aromatic carbocycles. The van der Waals surface area contributed by atoms with Crippen molar-refractivity contribution in [2.45, 2.75) is 31.6 Å². The molecule has 1 aromatic heterocycles. The van der Waals surface area contributed by atoms with Crippen molar-refractivity contribution in [2.75, 3.05) is 5.32 Å². The van der Waals surface area contributed by atoms with Crippen LogP contribution in [0.5, 0.6) is 0 Å². The number of para-hydroxylation sites is 1. The number of carbonyl (C=O) groups is 1. The molecule has 0 radical (unpaired) electrons. The van der Waals surface area contributed by atoms with Crippen LogP contribution in [0, 0.1) is 0 Å². The molecule has 3 aromatic rings. The molecule has 1 amide bonds. The van der Waals surface area contributed by atoms with Crippen molar-refractivity contribution < 1.29 is 4.79 Å². The van der Waals surface area contributed by atoms with Crippen molar-refractivity contribution >= 4 is 53.8 Å². The fourth-order valence-electron chi connectivity index (χ4n) is 3.13. The Kier molecular flexibility index (Phi) is 5.89. The zero-order valence-corrected chi connectivity index (χ0v) is 18.1. The molecule has 0 aliphatic heterocycles. The Bertz CT molecular complexity index is 980. The number of nitrogens with one attached hydrogen (secondary N) is 1. The summed E-state index contributed by atoms with van der Waals surface area (Å²) in [5.74, 6) is -0.334. The molecule has 0 bridgehead atoms. The van der Waals surface area contributed by atoms with Crippen LogP contribution in [0.3, 0.4) is 0 Å². The molecule has 1 N–H and O–H groups in total. The number of fused-ring (bicyclic) bond motifs is 1. The number of halogens is 2. The van der Waals surface area contributed by atoms with E-state index >= 15 is 0 Å². The highest BCUT2D eigenvalue weighted by molar-refractivity contribution is 6.76. The average Bonchev–Trinajstić information content (AvgIpc) is 2.61. The minimum Gasteiger partial charge on any atom is -0.324 e. The molecule has 140 valence electrons. The molecule has 27 heavy (non-hydrogen) atoms. The summed E-state index contributed by atoms with van der Waals surface area (Å²) in [6.45, 7) is 6.76. The Morgan fingerprint density at radius 1 is 1.07 bits per heavy atom. The van der Waals surface area contributed by atoms with Gasteiger partial charge >= 0.3 is 0 Å². The van der Waals surface area contributed by atoms with Crippen molar-refractivity contribution in [3.8, 4) is 0 Å². The summed E-state index contributed by atoms with van der Waals surface area (Å²) in [5.41, 5.74) is 2.39. The molecule has 1 atom stereocenters. The van der Waals surface area contributed by atoms with E-state index in [0.29, 0.717) is 10.0 Å². The lowest BCUT2D eigenvalue weighted by Gasteiger charge is -2.25. The highest BCUT2D eigenvalue weighted by Gasteiger charge is 2.28. The van der Waals surface area contributed by atoms with Gasteiger partial charge in [0.1, 0.15) is 0 Å². The lowest BCUT2D eigenvalue weighted by molar-refractivity contribution is -0.117. The Morgan fingerprint density at radius 2 is 1.81 bits per heavy atom. The molecule has 0 fully saturated rings. The van der Waals surface area contributed by atoms with Crippen molar-refractivity contribution in [3.63, 3.8) is 0 Å². The summed E-state index contributed by atoms with van der Waals surface area (Å²) in [5, 5.41) is 5.04. The summed E-state index contributed by atoms with van der Waals surface area (Å²) < 4.78 is 0. The molecule has 1 unspecified atom stereocenters. The molecule has 0 spiro atoms. The highest BCUT2D eigenvalue weighted by atomic mass is 35.5. The number of carbonyl (C=O) groups excluding carboxylic acids is 1. The third-order valence-corrected chi connectivity index (χ3v) is 6.74. The Balaban J connectivity index is 1.96. The van der Waals surface area contributed by atoms with E-state index < -0.39 is 8.07 Å². The lowest BCUT2D eigenvalue weighted by Crippen LogP contribution is -2.30. The van der Waals surface area contributed by atoms with Crippen LogP contribution in [-0.2, 0) is 4.79 Å². The monoisotopic (exact) mass is 416 g/mol. The van der Waals surface area contributed by atoms with Crippen molar-refractivity contribution in [1.82, 2.24) is 4.98 Å². The largest absolute Gasteiger partial charge is 0.324 e. The molecule has 3 rings (SSSR count). The molecule has 0 saturated carbocycles. The van der Waals surface area contributed by atoms with Crippen LogP contribution in [0.1, 0.15) is 11.5 Å². The van der Waals surface area contributed by atoms with E-state index in [9.17, 15) is 4.79 Å². The number of benzene rings is 2. The number of nitrogens with zero attached hydrogens (tertiary/aromatic N) is 1. The SMILES string of the molecule is C[Si](C)(C)CC(C(=O)Nc1cccc2cccnc12)c1ccc(Cl)c(Cl)c1. The average molecular weight is 417 g/mol. The highest BCUT2D eigenvalue weighted by Crippen LogP contribution is 2.33. The van der Waals surface area contributed by atoms with Gasteiger partial charge in [0.05, 0.1) is 27.2 Å². The van der Waals surface area contributed by atoms with Crippen LogP contribution < -0.4 is 5.32 Å². The van der Waals surface area contributed by atoms with E-state index in [0.717, 1.165) is 28.2 Å². The van der Waals surface area contributed by atoms with Gasteiger partial charge in [-0.2, -0.15) is 0 Å². The van der Waals surface area contributed by atoms with Crippen LogP contribution in [0.4, 0.5) is 5.69 Å². The summed E-state index contributed by atoms with van der Waals surface area (Å²) in [6, 6.07) is 15.9. The molecule has 6 heteroatoms. The maximum atomic E-state index is 13.2. The predicted octanol–water partition coefficient (Wildman–Crippen LogP) is 6.60. The normalized spacial score (nSPS) is 12.8. The van der Waals surface area contributed by atoms with Crippen molar-refractivity contribution in [2.24, 2.45) is 0 Å². The standard InChI is InChI=1S/C21H22Cl2N2OSi/c1-27(2,3)13-16(15-9-10-17(22)18(23)12-15)21(26)25-19-8-4-6-14-7-5-11-24-20(14)19/h4-12,16H,13H2,1-3H3,(H,25,26). The lowest BCUT2D eigenvalue weighted by atomic mass is 10.00. The van der Waals surface area contributed by atoms with Gasteiger partial charge in [0, 0.05) is 19.7 Å². The molecule has 1 heterocycles. The van der Waals surface area contributed by atoms with Gasteiger partial charge in [0.25, 0.3) is 0 Å².